The van der Waals surface area contributed by atoms with Crippen LogP contribution >= 0.6 is 11.6 Å². The van der Waals surface area contributed by atoms with Crippen LogP contribution in [0.2, 0.25) is 5.02 Å². The molecule has 33 heavy (non-hydrogen) atoms. The second-order valence-electron chi connectivity index (χ2n) is 8.20. The summed E-state index contributed by atoms with van der Waals surface area (Å²) in [5.74, 6) is 0.488. The SMILES string of the molecule is O=c1c2c(n3ccnc3n1Cc1ccc(C(F)(F)F)cc1)CCN(Cc1cccc(Cl)c1)C2. The smallest absolute Gasteiger partial charge is 0.294 e. The molecule has 0 saturated carbocycles. The molecular formula is C24H20ClF3N4O. The molecule has 0 fully saturated rings. The van der Waals surface area contributed by atoms with Gasteiger partial charge in [-0.2, -0.15) is 13.2 Å². The molecule has 170 valence electrons. The van der Waals surface area contributed by atoms with Crippen molar-refractivity contribution in [2.24, 2.45) is 0 Å². The molecule has 5 nitrogen and oxygen atoms in total. The van der Waals surface area contributed by atoms with Gasteiger partial charge >= 0.3 is 6.18 Å². The lowest BCUT2D eigenvalue weighted by Gasteiger charge is -2.29. The maximum Gasteiger partial charge on any atom is 0.416 e. The second-order valence-corrected chi connectivity index (χ2v) is 8.64. The van der Waals surface area contributed by atoms with Crippen molar-refractivity contribution in [1.82, 2.24) is 18.9 Å². The number of aromatic nitrogens is 3. The number of halogens is 4. The fourth-order valence-corrected chi connectivity index (χ4v) is 4.59. The molecule has 0 amide bonds. The topological polar surface area (TPSA) is 42.5 Å². The Kier molecular flexibility index (Phi) is 5.50. The number of nitrogens with zero attached hydrogens (tertiary/aromatic N) is 4. The molecule has 0 spiro atoms. The van der Waals surface area contributed by atoms with Gasteiger partial charge in [-0.3, -0.25) is 18.7 Å². The van der Waals surface area contributed by atoms with E-state index in [0.29, 0.717) is 41.4 Å². The quantitative estimate of drug-likeness (QED) is 0.429. The number of hydrogen-bond donors (Lipinski definition) is 0. The number of alkyl halides is 3. The Morgan fingerprint density at radius 1 is 1.03 bits per heavy atom. The fraction of sp³-hybridized carbons (Fsp3) is 0.250. The van der Waals surface area contributed by atoms with E-state index in [9.17, 15) is 18.0 Å². The fourth-order valence-electron chi connectivity index (χ4n) is 4.38. The highest BCUT2D eigenvalue weighted by molar-refractivity contribution is 6.30. The highest BCUT2D eigenvalue weighted by Crippen LogP contribution is 2.29. The summed E-state index contributed by atoms with van der Waals surface area (Å²) in [6, 6.07) is 12.5. The van der Waals surface area contributed by atoms with Crippen LogP contribution in [-0.2, 0) is 32.2 Å². The second kappa shape index (κ2) is 8.35. The zero-order chi connectivity index (χ0) is 23.2. The Balaban J connectivity index is 1.48. The molecular weight excluding hydrogens is 453 g/mol. The van der Waals surface area contributed by atoms with Gasteiger partial charge < -0.3 is 0 Å². The van der Waals surface area contributed by atoms with Gasteiger partial charge in [-0.15, -0.1) is 0 Å². The summed E-state index contributed by atoms with van der Waals surface area (Å²) in [5.41, 5.74) is 2.39. The highest BCUT2D eigenvalue weighted by atomic mass is 35.5. The minimum atomic E-state index is -4.40. The van der Waals surface area contributed by atoms with Crippen LogP contribution in [0.15, 0.2) is 65.7 Å². The summed E-state index contributed by atoms with van der Waals surface area (Å²) in [7, 11) is 0. The lowest BCUT2D eigenvalue weighted by molar-refractivity contribution is -0.137. The van der Waals surface area contributed by atoms with Crippen LogP contribution in [0.1, 0.15) is 27.9 Å². The van der Waals surface area contributed by atoms with Crippen LogP contribution < -0.4 is 5.56 Å². The molecule has 5 rings (SSSR count). The van der Waals surface area contributed by atoms with Crippen molar-refractivity contribution in [3.63, 3.8) is 0 Å². The lowest BCUT2D eigenvalue weighted by atomic mass is 10.1. The van der Waals surface area contributed by atoms with Crippen LogP contribution in [0.4, 0.5) is 13.2 Å². The Bertz CT molecular complexity index is 1380. The minimum absolute atomic E-state index is 0.138. The van der Waals surface area contributed by atoms with Gasteiger partial charge in [-0.25, -0.2) is 4.98 Å². The van der Waals surface area contributed by atoms with E-state index >= 15 is 0 Å². The summed E-state index contributed by atoms with van der Waals surface area (Å²) in [4.78, 5) is 20.0. The van der Waals surface area contributed by atoms with Crippen molar-refractivity contribution in [1.29, 1.82) is 0 Å². The van der Waals surface area contributed by atoms with E-state index in [1.165, 1.54) is 16.7 Å². The molecule has 4 aromatic rings. The summed E-state index contributed by atoms with van der Waals surface area (Å²) >= 11 is 6.11. The third-order valence-electron chi connectivity index (χ3n) is 5.97. The van der Waals surface area contributed by atoms with Crippen molar-refractivity contribution >= 4 is 17.4 Å². The zero-order valence-corrected chi connectivity index (χ0v) is 18.3. The van der Waals surface area contributed by atoms with E-state index in [-0.39, 0.29) is 12.1 Å². The van der Waals surface area contributed by atoms with Gasteiger partial charge in [-0.1, -0.05) is 35.9 Å². The number of fused-ring (bicyclic) bond motifs is 3. The monoisotopic (exact) mass is 472 g/mol. The van der Waals surface area contributed by atoms with Crippen molar-refractivity contribution in [3.8, 4) is 0 Å². The molecule has 2 aromatic carbocycles. The van der Waals surface area contributed by atoms with E-state index in [1.54, 1.807) is 6.20 Å². The first kappa shape index (κ1) is 21.7. The summed E-state index contributed by atoms with van der Waals surface area (Å²) in [6.45, 7) is 2.07. The Morgan fingerprint density at radius 2 is 1.82 bits per heavy atom. The van der Waals surface area contributed by atoms with Crippen LogP contribution in [0.3, 0.4) is 0 Å². The van der Waals surface area contributed by atoms with Crippen molar-refractivity contribution < 1.29 is 13.2 Å². The van der Waals surface area contributed by atoms with Gasteiger partial charge in [-0.05, 0) is 35.4 Å². The third-order valence-corrected chi connectivity index (χ3v) is 6.20. The summed E-state index contributed by atoms with van der Waals surface area (Å²) in [5, 5.41) is 0.670. The third kappa shape index (κ3) is 4.28. The maximum atomic E-state index is 13.5. The predicted molar refractivity (Wildman–Crippen MR) is 119 cm³/mol. The normalized spacial score (nSPS) is 14.5. The first-order chi connectivity index (χ1) is 15.8. The van der Waals surface area contributed by atoms with Crippen molar-refractivity contribution in [2.45, 2.75) is 32.2 Å². The molecule has 0 atom stereocenters. The average Bonchev–Trinajstić information content (AvgIpc) is 3.26. The van der Waals surface area contributed by atoms with Crippen LogP contribution in [-0.4, -0.2) is 25.4 Å². The Hall–Kier alpha value is -3.10. The van der Waals surface area contributed by atoms with E-state index in [4.69, 9.17) is 11.6 Å². The highest BCUT2D eigenvalue weighted by Gasteiger charge is 2.30. The average molecular weight is 473 g/mol. The van der Waals surface area contributed by atoms with E-state index in [1.807, 2.05) is 34.9 Å². The minimum Gasteiger partial charge on any atom is -0.294 e. The molecule has 1 aliphatic rings. The zero-order valence-electron chi connectivity index (χ0n) is 17.5. The van der Waals surface area contributed by atoms with Crippen molar-refractivity contribution in [2.75, 3.05) is 6.54 Å². The molecule has 0 bridgehead atoms. The number of hydrogen-bond acceptors (Lipinski definition) is 3. The molecule has 1 aliphatic heterocycles. The molecule has 0 radical (unpaired) electrons. The largest absolute Gasteiger partial charge is 0.416 e. The molecule has 0 saturated heterocycles. The standard InChI is InChI=1S/C24H20ClF3N4O/c25-19-3-1-2-17(12-19)13-30-10-8-21-20(15-30)22(33)32(23-29-9-11-31(21)23)14-16-4-6-18(7-5-16)24(26,27)28/h1-7,9,11-12H,8,10,13-15H2. The molecule has 3 heterocycles. The van der Waals surface area contributed by atoms with E-state index in [2.05, 4.69) is 9.88 Å². The predicted octanol–water partition coefficient (Wildman–Crippen LogP) is 4.77. The molecule has 0 aliphatic carbocycles. The molecule has 0 N–H and O–H groups in total. The Morgan fingerprint density at radius 3 is 2.55 bits per heavy atom. The number of rotatable bonds is 4. The number of benzene rings is 2. The van der Waals surface area contributed by atoms with Gasteiger partial charge in [0.15, 0.2) is 0 Å². The first-order valence-corrected chi connectivity index (χ1v) is 10.9. The maximum absolute atomic E-state index is 13.5. The van der Waals surface area contributed by atoms with Gasteiger partial charge in [0.2, 0.25) is 5.78 Å². The molecule has 0 unspecified atom stereocenters. The van der Waals surface area contributed by atoms with Crippen molar-refractivity contribution in [3.05, 3.63) is 104 Å². The summed E-state index contributed by atoms with van der Waals surface area (Å²) < 4.78 is 42.1. The Labute approximate surface area is 192 Å². The van der Waals surface area contributed by atoms with Crippen LogP contribution in [0.5, 0.6) is 0 Å². The van der Waals surface area contributed by atoms with E-state index in [0.717, 1.165) is 29.9 Å². The first-order valence-electron chi connectivity index (χ1n) is 10.5. The van der Waals surface area contributed by atoms with Crippen LogP contribution in [0.25, 0.3) is 5.78 Å². The van der Waals surface area contributed by atoms with Gasteiger partial charge in [0.25, 0.3) is 5.56 Å². The summed E-state index contributed by atoms with van der Waals surface area (Å²) in [6.07, 6.45) is -0.247. The molecule has 2 aromatic heterocycles. The molecule has 9 heteroatoms. The van der Waals surface area contributed by atoms with Gasteiger partial charge in [0.1, 0.15) is 0 Å². The van der Waals surface area contributed by atoms with Gasteiger partial charge in [0, 0.05) is 49.2 Å². The van der Waals surface area contributed by atoms with Crippen LogP contribution in [0, 0.1) is 0 Å². The van der Waals surface area contributed by atoms with E-state index < -0.39 is 11.7 Å². The van der Waals surface area contributed by atoms with Gasteiger partial charge in [0.05, 0.1) is 17.7 Å². The lowest BCUT2D eigenvalue weighted by Crippen LogP contribution is -2.38. The number of imidazole rings is 1.